The molecule has 0 aliphatic rings. The molecule has 2 aromatic carbocycles. The molecular formula is C25H21NO7. The average molecular weight is 447 g/mol. The van der Waals surface area contributed by atoms with Crippen LogP contribution in [-0.2, 0) is 9.47 Å². The average Bonchev–Trinajstić information content (AvgIpc) is 3.22. The summed E-state index contributed by atoms with van der Waals surface area (Å²) in [6.07, 6.45) is 0. The van der Waals surface area contributed by atoms with E-state index in [-0.39, 0.29) is 22.4 Å². The Hall–Kier alpha value is -4.33. The number of nitrogens with zero attached hydrogens (tertiary/aromatic N) is 1. The molecule has 0 aliphatic heterocycles. The molecule has 8 nitrogen and oxygen atoms in total. The summed E-state index contributed by atoms with van der Waals surface area (Å²) >= 11 is 0. The first-order valence-corrected chi connectivity index (χ1v) is 9.96. The molecular weight excluding hydrogens is 426 g/mol. The zero-order valence-electron chi connectivity index (χ0n) is 18.5. The van der Waals surface area contributed by atoms with E-state index in [1.807, 2.05) is 24.3 Å². The number of hydrogen-bond donors (Lipinski definition) is 0. The van der Waals surface area contributed by atoms with Gasteiger partial charge in [0.1, 0.15) is 16.8 Å². The summed E-state index contributed by atoms with van der Waals surface area (Å²) in [5, 5.41) is 0.814. The number of benzene rings is 2. The molecule has 0 saturated heterocycles. The molecule has 4 aromatic rings. The van der Waals surface area contributed by atoms with Crippen molar-refractivity contribution in [2.75, 3.05) is 28.4 Å². The van der Waals surface area contributed by atoms with Gasteiger partial charge in [-0.1, -0.05) is 24.3 Å². The van der Waals surface area contributed by atoms with Crippen molar-refractivity contribution in [2.24, 2.45) is 0 Å². The van der Waals surface area contributed by atoms with Crippen molar-refractivity contribution >= 4 is 34.1 Å². The number of fused-ring (bicyclic) bond motifs is 3. The van der Waals surface area contributed by atoms with Crippen LogP contribution in [0.5, 0.6) is 11.5 Å². The fraction of sp³-hybridized carbons (Fsp3) is 0.160. The second-order valence-electron chi connectivity index (χ2n) is 7.09. The lowest BCUT2D eigenvalue weighted by atomic mass is 10.0. The normalized spacial score (nSPS) is 10.8. The van der Waals surface area contributed by atoms with Gasteiger partial charge in [-0.15, -0.1) is 0 Å². The molecule has 0 fully saturated rings. The second kappa shape index (κ2) is 8.66. The number of ether oxygens (including phenoxy) is 4. The largest absolute Gasteiger partial charge is 0.493 e. The van der Waals surface area contributed by atoms with Gasteiger partial charge in [0.05, 0.1) is 39.5 Å². The van der Waals surface area contributed by atoms with E-state index in [4.69, 9.17) is 18.9 Å². The maximum atomic E-state index is 13.9. The molecule has 4 rings (SSSR count). The predicted molar refractivity (Wildman–Crippen MR) is 121 cm³/mol. The van der Waals surface area contributed by atoms with Gasteiger partial charge in [-0.05, 0) is 35.7 Å². The predicted octanol–water partition coefficient (Wildman–Crippen LogP) is 3.91. The van der Waals surface area contributed by atoms with E-state index in [0.717, 1.165) is 5.39 Å². The molecule has 33 heavy (non-hydrogen) atoms. The summed E-state index contributed by atoms with van der Waals surface area (Å²) in [6.45, 7) is 0. The highest BCUT2D eigenvalue weighted by Gasteiger charge is 2.34. The lowest BCUT2D eigenvalue weighted by molar-refractivity contribution is 0.0556. The first-order chi connectivity index (χ1) is 16.0. The number of hydrogen-bond acceptors (Lipinski definition) is 7. The summed E-state index contributed by atoms with van der Waals surface area (Å²) in [5.41, 5.74) is 1.01. The van der Waals surface area contributed by atoms with Gasteiger partial charge in [0.25, 0.3) is 0 Å². The number of esters is 2. The molecule has 2 heterocycles. The van der Waals surface area contributed by atoms with Crippen LogP contribution < -0.4 is 9.47 Å². The van der Waals surface area contributed by atoms with Crippen molar-refractivity contribution < 1.29 is 33.3 Å². The molecule has 0 radical (unpaired) electrons. The number of rotatable bonds is 6. The van der Waals surface area contributed by atoms with Crippen molar-refractivity contribution in [3.05, 3.63) is 77.0 Å². The van der Waals surface area contributed by atoms with Gasteiger partial charge in [-0.25, -0.2) is 9.59 Å². The van der Waals surface area contributed by atoms with E-state index in [9.17, 15) is 14.4 Å². The number of carbonyl (C=O) groups excluding carboxylic acids is 3. The van der Waals surface area contributed by atoms with E-state index in [0.29, 0.717) is 22.5 Å². The Morgan fingerprint density at radius 1 is 0.697 bits per heavy atom. The van der Waals surface area contributed by atoms with Gasteiger partial charge >= 0.3 is 11.9 Å². The number of carbonyl (C=O) groups is 3. The molecule has 0 N–H and O–H groups in total. The highest BCUT2D eigenvalue weighted by Crippen LogP contribution is 2.33. The van der Waals surface area contributed by atoms with Crippen LogP contribution in [0.3, 0.4) is 0 Å². The van der Waals surface area contributed by atoms with E-state index in [2.05, 4.69) is 0 Å². The Kier molecular flexibility index (Phi) is 5.74. The van der Waals surface area contributed by atoms with Crippen molar-refractivity contribution in [1.29, 1.82) is 0 Å². The molecule has 0 bridgehead atoms. The van der Waals surface area contributed by atoms with Gasteiger partial charge in [0.2, 0.25) is 5.78 Å². The summed E-state index contributed by atoms with van der Waals surface area (Å²) in [7, 11) is 5.35. The lowest BCUT2D eigenvalue weighted by Crippen LogP contribution is -2.15. The number of methoxy groups -OCH3 is 4. The van der Waals surface area contributed by atoms with Crippen LogP contribution in [0.2, 0.25) is 0 Å². The molecule has 168 valence electrons. The van der Waals surface area contributed by atoms with Gasteiger partial charge < -0.3 is 23.3 Å². The van der Waals surface area contributed by atoms with E-state index < -0.39 is 17.7 Å². The van der Waals surface area contributed by atoms with Crippen LogP contribution in [0.4, 0.5) is 0 Å². The molecule has 2 aromatic heterocycles. The smallest absolute Gasteiger partial charge is 0.341 e. The van der Waals surface area contributed by atoms with Crippen molar-refractivity contribution in [1.82, 2.24) is 4.40 Å². The first-order valence-electron chi connectivity index (χ1n) is 9.96. The van der Waals surface area contributed by atoms with Crippen LogP contribution in [0.1, 0.15) is 36.8 Å². The van der Waals surface area contributed by atoms with Gasteiger partial charge in [0.15, 0.2) is 11.5 Å². The minimum Gasteiger partial charge on any atom is -0.493 e. The summed E-state index contributed by atoms with van der Waals surface area (Å²) in [4.78, 5) is 39.5. The fourth-order valence-electron chi connectivity index (χ4n) is 3.94. The SMILES string of the molecule is COC(=O)c1c(C(=O)OC)c2ccc3ccccc3n2c1C(=O)c1ccc(OC)c(OC)c1. The Bertz CT molecular complexity index is 1420. The van der Waals surface area contributed by atoms with Crippen molar-refractivity contribution in [3.63, 3.8) is 0 Å². The van der Waals surface area contributed by atoms with E-state index in [1.165, 1.54) is 34.5 Å². The summed E-state index contributed by atoms with van der Waals surface area (Å²) in [6, 6.07) is 15.5. The summed E-state index contributed by atoms with van der Waals surface area (Å²) < 4.78 is 22.1. The van der Waals surface area contributed by atoms with Crippen LogP contribution in [0.15, 0.2) is 54.6 Å². The quantitative estimate of drug-likeness (QED) is 0.327. The third-order valence-electron chi connectivity index (χ3n) is 5.45. The highest BCUT2D eigenvalue weighted by molar-refractivity contribution is 6.20. The molecule has 0 amide bonds. The van der Waals surface area contributed by atoms with E-state index >= 15 is 0 Å². The third kappa shape index (κ3) is 3.45. The Morgan fingerprint density at radius 3 is 2.03 bits per heavy atom. The molecule has 0 atom stereocenters. The lowest BCUT2D eigenvalue weighted by Gasteiger charge is -2.11. The van der Waals surface area contributed by atoms with E-state index in [1.54, 1.807) is 28.7 Å². The maximum Gasteiger partial charge on any atom is 0.341 e. The molecule has 0 spiro atoms. The van der Waals surface area contributed by atoms with Gasteiger partial charge in [-0.3, -0.25) is 4.79 Å². The van der Waals surface area contributed by atoms with Crippen molar-refractivity contribution in [3.8, 4) is 11.5 Å². The zero-order valence-corrected chi connectivity index (χ0v) is 18.5. The van der Waals surface area contributed by atoms with Gasteiger partial charge in [0, 0.05) is 5.56 Å². The van der Waals surface area contributed by atoms with Crippen LogP contribution in [0, 0.1) is 0 Å². The van der Waals surface area contributed by atoms with Crippen LogP contribution in [0.25, 0.3) is 16.4 Å². The Labute approximate surface area is 189 Å². The Balaban J connectivity index is 2.14. The van der Waals surface area contributed by atoms with Crippen molar-refractivity contribution in [2.45, 2.75) is 0 Å². The fourth-order valence-corrected chi connectivity index (χ4v) is 3.94. The first kappa shape index (κ1) is 21.9. The third-order valence-corrected chi connectivity index (χ3v) is 5.45. The highest BCUT2D eigenvalue weighted by atomic mass is 16.5. The molecule has 0 saturated carbocycles. The zero-order chi connectivity index (χ0) is 23.7. The number of pyridine rings is 1. The maximum absolute atomic E-state index is 13.9. The van der Waals surface area contributed by atoms with Gasteiger partial charge in [-0.2, -0.15) is 0 Å². The van der Waals surface area contributed by atoms with Crippen LogP contribution >= 0.6 is 0 Å². The number of ketones is 1. The molecule has 8 heteroatoms. The number of aromatic nitrogens is 1. The van der Waals surface area contributed by atoms with Crippen LogP contribution in [-0.4, -0.2) is 50.6 Å². The topological polar surface area (TPSA) is 92.5 Å². The molecule has 0 aliphatic carbocycles. The Morgan fingerprint density at radius 2 is 1.36 bits per heavy atom. The number of para-hydroxylation sites is 1. The summed E-state index contributed by atoms with van der Waals surface area (Å²) in [5.74, 6) is -1.29. The minimum atomic E-state index is -0.827. The second-order valence-corrected chi connectivity index (χ2v) is 7.09. The minimum absolute atomic E-state index is 0.0127. The monoisotopic (exact) mass is 447 g/mol. The standard InChI is InChI=1S/C25H21NO7/c1-30-18-12-10-15(13-19(18)31-2)23(27)22-21(25(29)33-4)20(24(28)32-3)17-11-9-14-7-5-6-8-16(14)26(17)22/h5-13H,1-4H3. The molecule has 0 unspecified atom stereocenters.